The number of rotatable bonds is 6. The monoisotopic (exact) mass is 256 g/mol. The van der Waals surface area contributed by atoms with Crippen molar-refractivity contribution in [2.45, 2.75) is 5.75 Å². The van der Waals surface area contributed by atoms with E-state index < -0.39 is 5.97 Å². The number of aliphatic hydroxyl groups excluding tert-OH is 1. The second kappa shape index (κ2) is 7.09. The topological polar surface area (TPSA) is 57.5 Å². The summed E-state index contributed by atoms with van der Waals surface area (Å²) in [4.78, 5) is 10.3. The SMILES string of the molecule is O=C(O)/C=C/c1ccc(CSCCO)c(F)c1. The van der Waals surface area contributed by atoms with E-state index in [1.54, 1.807) is 12.1 Å². The normalized spacial score (nSPS) is 10.9. The zero-order chi connectivity index (χ0) is 12.7. The molecule has 0 radical (unpaired) electrons. The maximum absolute atomic E-state index is 13.5. The van der Waals surface area contributed by atoms with Crippen LogP contribution in [0.2, 0.25) is 0 Å². The molecule has 0 saturated carbocycles. The lowest BCUT2D eigenvalue weighted by Gasteiger charge is -2.03. The van der Waals surface area contributed by atoms with Gasteiger partial charge >= 0.3 is 5.97 Å². The van der Waals surface area contributed by atoms with Gasteiger partial charge in [-0.1, -0.05) is 12.1 Å². The molecule has 0 aliphatic heterocycles. The minimum Gasteiger partial charge on any atom is -0.478 e. The number of hydrogen-bond donors (Lipinski definition) is 2. The number of aliphatic hydroxyl groups is 1. The van der Waals surface area contributed by atoms with Crippen molar-refractivity contribution >= 4 is 23.8 Å². The third-order valence-electron chi connectivity index (χ3n) is 1.99. The maximum atomic E-state index is 13.5. The summed E-state index contributed by atoms with van der Waals surface area (Å²) in [7, 11) is 0. The first-order chi connectivity index (χ1) is 8.13. The van der Waals surface area contributed by atoms with Crippen LogP contribution in [0.1, 0.15) is 11.1 Å². The fraction of sp³-hybridized carbons (Fsp3) is 0.250. The molecule has 0 fully saturated rings. The molecule has 0 aliphatic rings. The molecule has 92 valence electrons. The summed E-state index contributed by atoms with van der Waals surface area (Å²) in [5, 5.41) is 17.0. The molecule has 17 heavy (non-hydrogen) atoms. The van der Waals surface area contributed by atoms with E-state index in [1.807, 2.05) is 0 Å². The Bertz CT molecular complexity index is 418. The number of carboxylic acids is 1. The highest BCUT2D eigenvalue weighted by Crippen LogP contribution is 2.17. The van der Waals surface area contributed by atoms with Crippen LogP contribution < -0.4 is 0 Å². The minimum absolute atomic E-state index is 0.0751. The molecule has 0 amide bonds. The molecule has 0 saturated heterocycles. The number of carboxylic acid groups (broad SMARTS) is 1. The van der Waals surface area contributed by atoms with Crippen LogP contribution >= 0.6 is 11.8 Å². The summed E-state index contributed by atoms with van der Waals surface area (Å²) in [6.45, 7) is 0.0751. The van der Waals surface area contributed by atoms with Crippen LogP contribution in [-0.4, -0.2) is 28.5 Å². The van der Waals surface area contributed by atoms with E-state index >= 15 is 0 Å². The van der Waals surface area contributed by atoms with E-state index in [2.05, 4.69) is 0 Å². The number of hydrogen-bond acceptors (Lipinski definition) is 3. The molecule has 2 N–H and O–H groups in total. The van der Waals surface area contributed by atoms with Gasteiger partial charge in [0.15, 0.2) is 0 Å². The van der Waals surface area contributed by atoms with Crippen molar-refractivity contribution < 1.29 is 19.4 Å². The van der Waals surface area contributed by atoms with Crippen molar-refractivity contribution in [1.29, 1.82) is 0 Å². The second-order valence-corrected chi connectivity index (χ2v) is 4.40. The van der Waals surface area contributed by atoms with E-state index in [1.165, 1.54) is 23.9 Å². The summed E-state index contributed by atoms with van der Waals surface area (Å²) in [5.74, 6) is -0.355. The Hall–Kier alpha value is -1.33. The molecule has 0 atom stereocenters. The lowest BCUT2D eigenvalue weighted by Crippen LogP contribution is -1.92. The Morgan fingerprint density at radius 3 is 2.82 bits per heavy atom. The van der Waals surface area contributed by atoms with Crippen molar-refractivity contribution in [1.82, 2.24) is 0 Å². The number of benzene rings is 1. The number of thioether (sulfide) groups is 1. The van der Waals surface area contributed by atoms with Gasteiger partial charge in [0.25, 0.3) is 0 Å². The van der Waals surface area contributed by atoms with Crippen LogP contribution in [-0.2, 0) is 10.5 Å². The molecule has 1 aromatic rings. The fourth-order valence-electron chi connectivity index (χ4n) is 1.20. The van der Waals surface area contributed by atoms with Gasteiger partial charge in [0, 0.05) is 17.6 Å². The van der Waals surface area contributed by atoms with Gasteiger partial charge in [-0.15, -0.1) is 0 Å². The largest absolute Gasteiger partial charge is 0.478 e. The summed E-state index contributed by atoms with van der Waals surface area (Å²) in [6.07, 6.45) is 2.31. The number of halogens is 1. The standard InChI is InChI=1S/C12H13FO3S/c13-11-7-9(2-4-12(15)16)1-3-10(11)8-17-6-5-14/h1-4,7,14H,5-6,8H2,(H,15,16)/b4-2+. The lowest BCUT2D eigenvalue weighted by molar-refractivity contribution is -0.131. The minimum atomic E-state index is -1.06. The molecule has 5 heteroatoms. The summed E-state index contributed by atoms with van der Waals surface area (Å²) < 4.78 is 13.5. The molecule has 1 rings (SSSR count). The van der Waals surface area contributed by atoms with Crippen molar-refractivity contribution in [2.75, 3.05) is 12.4 Å². The highest BCUT2D eigenvalue weighted by atomic mass is 32.2. The van der Waals surface area contributed by atoms with E-state index in [0.29, 0.717) is 22.6 Å². The predicted molar refractivity (Wildman–Crippen MR) is 66.3 cm³/mol. The molecular weight excluding hydrogens is 243 g/mol. The van der Waals surface area contributed by atoms with Crippen molar-refractivity contribution in [3.8, 4) is 0 Å². The van der Waals surface area contributed by atoms with E-state index in [-0.39, 0.29) is 12.4 Å². The van der Waals surface area contributed by atoms with Crippen LogP contribution in [0.25, 0.3) is 6.08 Å². The lowest BCUT2D eigenvalue weighted by atomic mass is 10.1. The molecule has 0 heterocycles. The smallest absolute Gasteiger partial charge is 0.328 e. The Balaban J connectivity index is 2.69. The summed E-state index contributed by atoms with van der Waals surface area (Å²) >= 11 is 1.44. The van der Waals surface area contributed by atoms with Gasteiger partial charge in [-0.3, -0.25) is 0 Å². The number of carbonyl (C=O) groups is 1. The zero-order valence-corrected chi connectivity index (χ0v) is 9.91. The fourth-order valence-corrected chi connectivity index (χ4v) is 1.93. The van der Waals surface area contributed by atoms with Crippen LogP contribution in [0, 0.1) is 5.82 Å². The number of aliphatic carboxylic acids is 1. The van der Waals surface area contributed by atoms with Gasteiger partial charge in [-0.2, -0.15) is 11.8 Å². The molecule has 0 spiro atoms. The van der Waals surface area contributed by atoms with Crippen molar-refractivity contribution in [3.05, 3.63) is 41.2 Å². The third kappa shape index (κ3) is 5.01. The average molecular weight is 256 g/mol. The molecular formula is C12H13FO3S. The van der Waals surface area contributed by atoms with Gasteiger partial charge in [0.1, 0.15) is 5.82 Å². The molecule has 0 unspecified atom stereocenters. The Kier molecular flexibility index (Phi) is 5.72. The first-order valence-electron chi connectivity index (χ1n) is 5.01. The third-order valence-corrected chi connectivity index (χ3v) is 2.98. The Morgan fingerprint density at radius 2 is 2.24 bits per heavy atom. The van der Waals surface area contributed by atoms with Gasteiger partial charge in [-0.25, -0.2) is 9.18 Å². The second-order valence-electron chi connectivity index (χ2n) is 3.30. The highest BCUT2D eigenvalue weighted by molar-refractivity contribution is 7.98. The van der Waals surface area contributed by atoms with Crippen LogP contribution in [0.4, 0.5) is 4.39 Å². The van der Waals surface area contributed by atoms with Gasteiger partial charge in [0.05, 0.1) is 6.61 Å². The average Bonchev–Trinajstić information content (AvgIpc) is 2.29. The molecule has 0 aromatic heterocycles. The van der Waals surface area contributed by atoms with Gasteiger partial charge in [-0.05, 0) is 23.3 Å². The predicted octanol–water partition coefficient (Wildman–Crippen LogP) is 2.15. The zero-order valence-electron chi connectivity index (χ0n) is 9.10. The van der Waals surface area contributed by atoms with Crippen LogP contribution in [0.15, 0.2) is 24.3 Å². The van der Waals surface area contributed by atoms with Crippen LogP contribution in [0.5, 0.6) is 0 Å². The summed E-state index contributed by atoms with van der Waals surface area (Å²) in [6, 6.07) is 4.59. The van der Waals surface area contributed by atoms with E-state index in [9.17, 15) is 9.18 Å². The van der Waals surface area contributed by atoms with E-state index in [4.69, 9.17) is 10.2 Å². The molecule has 1 aromatic carbocycles. The van der Waals surface area contributed by atoms with Gasteiger partial charge in [0.2, 0.25) is 0 Å². The van der Waals surface area contributed by atoms with Gasteiger partial charge < -0.3 is 10.2 Å². The molecule has 3 nitrogen and oxygen atoms in total. The molecule has 0 aliphatic carbocycles. The van der Waals surface area contributed by atoms with Crippen LogP contribution in [0.3, 0.4) is 0 Å². The Morgan fingerprint density at radius 1 is 1.47 bits per heavy atom. The first-order valence-corrected chi connectivity index (χ1v) is 6.17. The van der Waals surface area contributed by atoms with Crippen molar-refractivity contribution in [2.24, 2.45) is 0 Å². The van der Waals surface area contributed by atoms with Crippen molar-refractivity contribution in [3.63, 3.8) is 0 Å². The summed E-state index contributed by atoms with van der Waals surface area (Å²) in [5.41, 5.74) is 1.07. The quantitative estimate of drug-likeness (QED) is 0.605. The molecule has 0 bridgehead atoms. The maximum Gasteiger partial charge on any atom is 0.328 e. The highest BCUT2D eigenvalue weighted by Gasteiger charge is 2.02. The first kappa shape index (κ1) is 13.7. The van der Waals surface area contributed by atoms with E-state index in [0.717, 1.165) is 6.08 Å². The Labute approximate surface area is 103 Å².